The van der Waals surface area contributed by atoms with Gasteiger partial charge in [-0.1, -0.05) is 107 Å². The van der Waals surface area contributed by atoms with Crippen LogP contribution in [0.25, 0.3) is 5.57 Å². The zero-order chi connectivity index (χ0) is 16.6. The topological polar surface area (TPSA) is 0 Å². The van der Waals surface area contributed by atoms with Crippen molar-refractivity contribution in [2.24, 2.45) is 0 Å². The van der Waals surface area contributed by atoms with Gasteiger partial charge in [0.25, 0.3) is 0 Å². The highest BCUT2D eigenvalue weighted by molar-refractivity contribution is 9.09. The average molecular weight is 375 g/mol. The zero-order valence-electron chi connectivity index (χ0n) is 13.6. The molecule has 0 aliphatic heterocycles. The largest absolute Gasteiger partial charge is 0.0842 e. The Balaban J connectivity index is 2.09. The summed E-state index contributed by atoms with van der Waals surface area (Å²) >= 11 is 3.80. The first-order valence-electron chi connectivity index (χ1n) is 8.31. The molecule has 0 heterocycles. The molecule has 0 radical (unpaired) electrons. The minimum atomic E-state index is -0.226. The molecule has 0 fully saturated rings. The molecule has 118 valence electrons. The van der Waals surface area contributed by atoms with Crippen LogP contribution in [-0.2, 0) is 5.41 Å². The highest BCUT2D eigenvalue weighted by atomic mass is 79.9. The molecule has 0 saturated heterocycles. The van der Waals surface area contributed by atoms with Gasteiger partial charge in [-0.2, -0.15) is 0 Å². The lowest BCUT2D eigenvalue weighted by atomic mass is 9.71. The molecular formula is C23H19Br. The summed E-state index contributed by atoms with van der Waals surface area (Å²) in [6, 6.07) is 30.4. The van der Waals surface area contributed by atoms with Crippen LogP contribution in [0.1, 0.15) is 29.2 Å². The predicted octanol–water partition coefficient (Wildman–Crippen LogP) is 6.20. The molecule has 4 rings (SSSR count). The molecule has 0 bridgehead atoms. The lowest BCUT2D eigenvalue weighted by Gasteiger charge is -2.30. The fourth-order valence-electron chi connectivity index (χ4n) is 3.84. The summed E-state index contributed by atoms with van der Waals surface area (Å²) < 4.78 is 0. The van der Waals surface area contributed by atoms with E-state index in [1.807, 2.05) is 0 Å². The van der Waals surface area contributed by atoms with Crippen molar-refractivity contribution in [1.82, 2.24) is 0 Å². The van der Waals surface area contributed by atoms with E-state index in [0.29, 0.717) is 4.83 Å². The monoisotopic (exact) mass is 374 g/mol. The number of alkyl halides is 1. The van der Waals surface area contributed by atoms with Gasteiger partial charge in [-0.15, -0.1) is 0 Å². The predicted molar refractivity (Wildman–Crippen MR) is 106 cm³/mol. The third-order valence-corrected chi connectivity index (χ3v) is 5.41. The normalized spacial score (nSPS) is 16.3. The van der Waals surface area contributed by atoms with E-state index in [2.05, 4.69) is 114 Å². The van der Waals surface area contributed by atoms with E-state index in [9.17, 15) is 0 Å². The molecule has 0 nitrogen and oxygen atoms in total. The molecule has 1 heteroatoms. The summed E-state index contributed by atoms with van der Waals surface area (Å²) in [7, 11) is 0. The highest BCUT2D eigenvalue weighted by Gasteiger charge is 2.41. The van der Waals surface area contributed by atoms with Crippen LogP contribution < -0.4 is 0 Å². The van der Waals surface area contributed by atoms with Crippen LogP contribution in [0.5, 0.6) is 0 Å². The summed E-state index contributed by atoms with van der Waals surface area (Å²) in [6.07, 6.45) is 2.45. The molecule has 3 aromatic carbocycles. The van der Waals surface area contributed by atoms with Gasteiger partial charge in [-0.05, 0) is 34.8 Å². The highest BCUT2D eigenvalue weighted by Crippen LogP contribution is 2.50. The third-order valence-electron chi connectivity index (χ3n) is 4.92. The molecule has 1 atom stereocenters. The van der Waals surface area contributed by atoms with E-state index in [1.165, 1.54) is 27.8 Å². The van der Waals surface area contributed by atoms with Gasteiger partial charge in [-0.25, -0.2) is 0 Å². The smallest absolute Gasteiger partial charge is 0.0644 e. The number of hydrogen-bond acceptors (Lipinski definition) is 0. The van der Waals surface area contributed by atoms with Crippen molar-refractivity contribution in [2.45, 2.75) is 17.2 Å². The first kappa shape index (κ1) is 15.4. The summed E-state index contributed by atoms with van der Waals surface area (Å²) in [5.74, 6) is 0. The van der Waals surface area contributed by atoms with Crippen molar-refractivity contribution < 1.29 is 0 Å². The second-order valence-electron chi connectivity index (χ2n) is 6.30. The van der Waals surface area contributed by atoms with Crippen molar-refractivity contribution in [1.29, 1.82) is 0 Å². The zero-order valence-corrected chi connectivity index (χ0v) is 15.2. The number of allylic oxidation sites excluding steroid dienone is 2. The molecule has 0 N–H and O–H groups in total. The number of halogens is 1. The Bertz CT molecular complexity index is 837. The number of benzene rings is 3. The van der Waals surface area contributed by atoms with Crippen molar-refractivity contribution in [3.63, 3.8) is 0 Å². The van der Waals surface area contributed by atoms with Crippen molar-refractivity contribution in [3.05, 3.63) is 113 Å². The van der Waals surface area contributed by atoms with Gasteiger partial charge < -0.3 is 0 Å². The fourth-order valence-corrected chi connectivity index (χ4v) is 4.22. The Kier molecular flexibility index (Phi) is 3.90. The molecule has 0 spiro atoms. The van der Waals surface area contributed by atoms with Crippen LogP contribution in [0.15, 0.2) is 91.0 Å². The second-order valence-corrected chi connectivity index (χ2v) is 7.67. The molecule has 24 heavy (non-hydrogen) atoms. The van der Waals surface area contributed by atoms with Gasteiger partial charge in [-0.3, -0.25) is 0 Å². The van der Waals surface area contributed by atoms with Gasteiger partial charge in [0.05, 0.1) is 5.41 Å². The number of fused-ring (bicyclic) bond motifs is 1. The van der Waals surface area contributed by atoms with Crippen LogP contribution in [0.3, 0.4) is 0 Å². The fraction of sp³-hybridized carbons (Fsp3) is 0.130. The van der Waals surface area contributed by atoms with Crippen LogP contribution in [-0.4, -0.2) is 4.83 Å². The molecule has 1 aliphatic carbocycles. The third kappa shape index (κ3) is 2.27. The van der Waals surface area contributed by atoms with Crippen LogP contribution in [0, 0.1) is 0 Å². The lowest BCUT2D eigenvalue weighted by Crippen LogP contribution is -2.25. The minimum Gasteiger partial charge on any atom is -0.0842 e. The van der Waals surface area contributed by atoms with E-state index in [-0.39, 0.29) is 5.41 Å². The average Bonchev–Trinajstić information content (AvgIpc) is 3.00. The summed E-state index contributed by atoms with van der Waals surface area (Å²) in [6.45, 7) is 2.20. The lowest BCUT2D eigenvalue weighted by molar-refractivity contribution is 0.794. The maximum absolute atomic E-state index is 3.80. The van der Waals surface area contributed by atoms with E-state index in [0.717, 1.165) is 0 Å². The van der Waals surface area contributed by atoms with Gasteiger partial charge in [0.2, 0.25) is 0 Å². The van der Waals surface area contributed by atoms with E-state index in [1.54, 1.807) is 0 Å². The van der Waals surface area contributed by atoms with E-state index >= 15 is 0 Å². The summed E-state index contributed by atoms with van der Waals surface area (Å²) in [5, 5.41) is 0. The quantitative estimate of drug-likeness (QED) is 0.478. The van der Waals surface area contributed by atoms with Crippen molar-refractivity contribution >= 4 is 21.5 Å². The number of rotatable bonds is 3. The SMILES string of the molecule is CC(Br)C1=CC(c2ccccc2)(c2ccccc2)c2ccccc21. The molecule has 3 aromatic rings. The first-order valence-corrected chi connectivity index (χ1v) is 9.23. The minimum absolute atomic E-state index is 0.226. The van der Waals surface area contributed by atoms with Gasteiger partial charge in [0, 0.05) is 4.83 Å². The van der Waals surface area contributed by atoms with E-state index < -0.39 is 0 Å². The molecular weight excluding hydrogens is 356 g/mol. The van der Waals surface area contributed by atoms with Crippen LogP contribution in [0.2, 0.25) is 0 Å². The summed E-state index contributed by atoms with van der Waals surface area (Å²) in [5.41, 5.74) is 6.46. The maximum atomic E-state index is 3.80. The summed E-state index contributed by atoms with van der Waals surface area (Å²) in [4.78, 5) is 0.313. The molecule has 0 saturated carbocycles. The Labute approximate surface area is 152 Å². The Morgan fingerprint density at radius 3 is 1.75 bits per heavy atom. The maximum Gasteiger partial charge on any atom is 0.0644 e. The Morgan fingerprint density at radius 2 is 1.21 bits per heavy atom. The molecule has 0 aromatic heterocycles. The van der Waals surface area contributed by atoms with Crippen molar-refractivity contribution in [2.75, 3.05) is 0 Å². The van der Waals surface area contributed by atoms with Crippen molar-refractivity contribution in [3.8, 4) is 0 Å². The second kappa shape index (κ2) is 6.07. The van der Waals surface area contributed by atoms with Gasteiger partial charge in [0.15, 0.2) is 0 Å². The Morgan fingerprint density at radius 1 is 0.708 bits per heavy atom. The Hall–Kier alpha value is -2.12. The molecule has 0 amide bonds. The molecule has 1 unspecified atom stereocenters. The van der Waals surface area contributed by atoms with Crippen LogP contribution in [0.4, 0.5) is 0 Å². The van der Waals surface area contributed by atoms with Crippen LogP contribution >= 0.6 is 15.9 Å². The standard InChI is InChI=1S/C23H19Br/c1-17(24)21-16-23(18-10-4-2-5-11-18,19-12-6-3-7-13-19)22-15-9-8-14-20(21)22/h2-17H,1H3. The van der Waals surface area contributed by atoms with Gasteiger partial charge >= 0.3 is 0 Å². The molecule has 1 aliphatic rings. The first-order chi connectivity index (χ1) is 11.7. The number of hydrogen-bond donors (Lipinski definition) is 0. The van der Waals surface area contributed by atoms with E-state index in [4.69, 9.17) is 0 Å². The van der Waals surface area contributed by atoms with Gasteiger partial charge in [0.1, 0.15) is 0 Å².